The SMILES string of the molecule is CC(=O)O.COc1cccc(/C=[N+]2/CC/[N+](=C/c3cccc(OC)c3O)C2)c1O.[Mn+3]. The quantitative estimate of drug-likeness (QED) is 0.478. The van der Waals surface area contributed by atoms with Crippen LogP contribution in [0.5, 0.6) is 23.0 Å². The molecule has 30 heavy (non-hydrogen) atoms. The second kappa shape index (κ2) is 11.8. The van der Waals surface area contributed by atoms with Crippen LogP contribution in [0.2, 0.25) is 0 Å². The van der Waals surface area contributed by atoms with Crippen molar-refractivity contribution in [2.24, 2.45) is 0 Å². The van der Waals surface area contributed by atoms with Gasteiger partial charge in [0.25, 0.3) is 5.97 Å². The van der Waals surface area contributed by atoms with E-state index < -0.39 is 5.97 Å². The molecule has 0 radical (unpaired) electrons. The normalized spacial score (nSPS) is 15.2. The molecule has 1 aliphatic heterocycles. The maximum atomic E-state index is 10.2. The van der Waals surface area contributed by atoms with E-state index in [1.807, 2.05) is 36.7 Å². The molecule has 1 fully saturated rings. The van der Waals surface area contributed by atoms with Gasteiger partial charge < -0.3 is 24.8 Å². The first-order valence-corrected chi connectivity index (χ1v) is 8.95. The van der Waals surface area contributed by atoms with Gasteiger partial charge in [-0.3, -0.25) is 4.79 Å². The number of benzene rings is 2. The third-order valence-corrected chi connectivity index (χ3v) is 4.18. The first kappa shape index (κ1) is 25.0. The van der Waals surface area contributed by atoms with E-state index in [0.29, 0.717) is 29.3 Å². The fraction of sp³-hybridized carbons (Fsp3) is 0.286. The number of para-hydroxylation sites is 2. The zero-order valence-electron chi connectivity index (χ0n) is 17.1. The summed E-state index contributed by atoms with van der Waals surface area (Å²) in [6.07, 6.45) is 3.83. The number of carbonyl (C=O) groups is 1. The molecule has 3 N–H and O–H groups in total. The second-order valence-electron chi connectivity index (χ2n) is 6.34. The van der Waals surface area contributed by atoms with Crippen molar-refractivity contribution in [1.29, 1.82) is 0 Å². The molecule has 0 aliphatic carbocycles. The molecule has 0 amide bonds. The summed E-state index contributed by atoms with van der Waals surface area (Å²) in [5.41, 5.74) is 1.43. The van der Waals surface area contributed by atoms with Crippen molar-refractivity contribution >= 4 is 18.4 Å². The number of hydrogen-bond donors (Lipinski definition) is 3. The Balaban J connectivity index is 0.000000827. The van der Waals surface area contributed by atoms with E-state index in [0.717, 1.165) is 20.0 Å². The van der Waals surface area contributed by atoms with Gasteiger partial charge in [0, 0.05) is 6.92 Å². The minimum Gasteiger partial charge on any atom is -0.504 e. The van der Waals surface area contributed by atoms with Gasteiger partial charge in [-0.15, -0.1) is 0 Å². The summed E-state index contributed by atoms with van der Waals surface area (Å²) in [6.45, 7) is 3.38. The Morgan fingerprint density at radius 3 is 1.60 bits per heavy atom. The number of carboxylic acid groups (broad SMARTS) is 1. The minimum absolute atomic E-state index is 0. The summed E-state index contributed by atoms with van der Waals surface area (Å²) < 4.78 is 14.5. The summed E-state index contributed by atoms with van der Waals surface area (Å²) in [7, 11) is 3.07. The molecule has 1 saturated heterocycles. The monoisotopic (exact) mass is 457 g/mol. The molecule has 0 unspecified atom stereocenters. The van der Waals surface area contributed by atoms with Gasteiger partial charge in [-0.05, 0) is 24.3 Å². The molecule has 3 rings (SSSR count). The average Bonchev–Trinajstić information content (AvgIpc) is 3.12. The van der Waals surface area contributed by atoms with Crippen LogP contribution in [0.1, 0.15) is 18.1 Å². The van der Waals surface area contributed by atoms with E-state index >= 15 is 0 Å². The molecule has 9 heteroatoms. The van der Waals surface area contributed by atoms with Crippen LogP contribution in [0.4, 0.5) is 0 Å². The number of ether oxygens (including phenoxy) is 2. The fourth-order valence-electron chi connectivity index (χ4n) is 2.85. The smallest absolute Gasteiger partial charge is 0.504 e. The Labute approximate surface area is 185 Å². The van der Waals surface area contributed by atoms with Crippen LogP contribution in [0.25, 0.3) is 0 Å². The molecular weight excluding hydrogens is 431 g/mol. The molecular formula is C21H26MnN2O6+5. The number of methoxy groups -OCH3 is 2. The Morgan fingerprint density at radius 1 is 0.900 bits per heavy atom. The zero-order valence-corrected chi connectivity index (χ0v) is 18.3. The van der Waals surface area contributed by atoms with Crippen LogP contribution in [0, 0.1) is 0 Å². The van der Waals surface area contributed by atoms with E-state index in [2.05, 4.69) is 9.15 Å². The molecule has 0 saturated carbocycles. The molecule has 2 aromatic rings. The topological polar surface area (TPSA) is 102 Å². The van der Waals surface area contributed by atoms with Crippen LogP contribution in [-0.2, 0) is 21.9 Å². The molecule has 0 bridgehead atoms. The van der Waals surface area contributed by atoms with E-state index in [1.165, 1.54) is 14.2 Å². The maximum Gasteiger partial charge on any atom is 3.00 e. The zero-order chi connectivity index (χ0) is 21.4. The van der Waals surface area contributed by atoms with Crippen molar-refractivity contribution in [2.45, 2.75) is 6.92 Å². The summed E-state index contributed by atoms with van der Waals surface area (Å²) in [5, 5.41) is 27.8. The Hall–Kier alpha value is -3.03. The number of phenols is 2. The Morgan fingerprint density at radius 2 is 1.27 bits per heavy atom. The van der Waals surface area contributed by atoms with Gasteiger partial charge in [0.1, 0.15) is 0 Å². The Bertz CT molecular complexity index is 870. The van der Waals surface area contributed by atoms with Gasteiger partial charge in [0.2, 0.25) is 13.1 Å². The molecule has 8 nitrogen and oxygen atoms in total. The van der Waals surface area contributed by atoms with Crippen molar-refractivity contribution in [3.05, 3.63) is 47.5 Å². The molecule has 1 aliphatic rings. The van der Waals surface area contributed by atoms with E-state index in [-0.39, 0.29) is 28.6 Å². The molecule has 1 heterocycles. The van der Waals surface area contributed by atoms with Gasteiger partial charge in [-0.2, -0.15) is 9.15 Å². The van der Waals surface area contributed by atoms with Crippen LogP contribution in [-0.4, -0.2) is 76.8 Å². The number of rotatable bonds is 4. The predicted octanol–water partition coefficient (Wildman–Crippen LogP) is 1.74. The second-order valence-corrected chi connectivity index (χ2v) is 6.34. The first-order valence-electron chi connectivity index (χ1n) is 8.95. The summed E-state index contributed by atoms with van der Waals surface area (Å²) in [6, 6.07) is 10.8. The van der Waals surface area contributed by atoms with E-state index in [4.69, 9.17) is 19.4 Å². The van der Waals surface area contributed by atoms with Crippen molar-refractivity contribution in [2.75, 3.05) is 34.0 Å². The predicted molar refractivity (Wildman–Crippen MR) is 108 cm³/mol. The largest absolute Gasteiger partial charge is 3.00 e. The van der Waals surface area contributed by atoms with Gasteiger partial charge in [-0.25, -0.2) is 0 Å². The maximum absolute atomic E-state index is 10.2. The molecule has 0 atom stereocenters. The van der Waals surface area contributed by atoms with Gasteiger partial charge in [0.05, 0.1) is 25.3 Å². The van der Waals surface area contributed by atoms with Crippen molar-refractivity contribution < 1.29 is 55.8 Å². The van der Waals surface area contributed by atoms with Crippen molar-refractivity contribution in [3.8, 4) is 23.0 Å². The minimum atomic E-state index is -0.833. The number of phenolic OH excluding ortho intramolecular Hbond substituents is 2. The van der Waals surface area contributed by atoms with Crippen LogP contribution < -0.4 is 9.47 Å². The summed E-state index contributed by atoms with van der Waals surface area (Å²) in [4.78, 5) is 9.00. The van der Waals surface area contributed by atoms with Crippen LogP contribution in [0.15, 0.2) is 36.4 Å². The van der Waals surface area contributed by atoms with Crippen molar-refractivity contribution in [1.82, 2.24) is 0 Å². The fourth-order valence-corrected chi connectivity index (χ4v) is 2.85. The van der Waals surface area contributed by atoms with Gasteiger partial charge in [0.15, 0.2) is 35.4 Å². The third kappa shape index (κ3) is 6.79. The standard InChI is InChI=1S/C19H20N2O4.C2H4O2.Mn/c1-24-16-7-3-5-14(18(16)22)11-20-9-10-21(13-20)12-15-6-4-8-17(25-2)19(15)23;1-2(3)4;/h3-8,11-12H,9-10,13H2,1-2H3;1H3,(H,3,4);/q;;+3/p+2. The average molecular weight is 457 g/mol. The molecule has 0 spiro atoms. The summed E-state index contributed by atoms with van der Waals surface area (Å²) in [5.74, 6) is 0.353. The first-order chi connectivity index (χ1) is 13.8. The molecule has 0 aromatic heterocycles. The van der Waals surface area contributed by atoms with Crippen molar-refractivity contribution in [3.63, 3.8) is 0 Å². The third-order valence-electron chi connectivity index (χ3n) is 4.18. The Kier molecular flexibility index (Phi) is 9.87. The number of carboxylic acids is 1. The van der Waals surface area contributed by atoms with Gasteiger partial charge in [-0.1, -0.05) is 12.1 Å². The number of nitrogens with zero attached hydrogens (tertiary/aromatic N) is 2. The van der Waals surface area contributed by atoms with Crippen LogP contribution >= 0.6 is 0 Å². The number of aromatic hydroxyl groups is 2. The van der Waals surface area contributed by atoms with Crippen LogP contribution in [0.3, 0.4) is 0 Å². The van der Waals surface area contributed by atoms with E-state index in [1.54, 1.807) is 12.1 Å². The summed E-state index contributed by atoms with van der Waals surface area (Å²) >= 11 is 0. The number of hydrogen-bond acceptors (Lipinski definition) is 5. The number of aliphatic carboxylic acids is 1. The molecule has 158 valence electrons. The van der Waals surface area contributed by atoms with Gasteiger partial charge >= 0.3 is 23.7 Å². The molecule has 2 aromatic carbocycles. The van der Waals surface area contributed by atoms with E-state index in [9.17, 15) is 10.2 Å².